The van der Waals surface area contributed by atoms with Crippen molar-refractivity contribution in [2.45, 2.75) is 104 Å². The lowest BCUT2D eigenvalue weighted by atomic mass is 9.80. The third-order valence-electron chi connectivity index (χ3n) is 5.83. The highest BCUT2D eigenvalue weighted by Crippen LogP contribution is 2.30. The summed E-state index contributed by atoms with van der Waals surface area (Å²) in [6.07, 6.45) is 7.15. The molecule has 0 radical (unpaired) electrons. The summed E-state index contributed by atoms with van der Waals surface area (Å²) in [6.45, 7) is 8.68. The van der Waals surface area contributed by atoms with Crippen LogP contribution in [-0.2, 0) is 19.1 Å². The predicted molar refractivity (Wildman–Crippen MR) is 110 cm³/mol. The fourth-order valence-corrected chi connectivity index (χ4v) is 3.00. The average Bonchev–Trinajstić information content (AvgIpc) is 2.68. The Labute approximate surface area is 171 Å². The van der Waals surface area contributed by atoms with E-state index in [1.54, 1.807) is 0 Å². The molecule has 1 unspecified atom stereocenters. The molecule has 0 spiro atoms. The van der Waals surface area contributed by atoms with E-state index in [-0.39, 0.29) is 24.0 Å². The molecule has 0 aromatic carbocycles. The molecule has 6 heteroatoms. The lowest BCUT2D eigenvalue weighted by Crippen LogP contribution is -2.28. The maximum Gasteiger partial charge on any atom is 0.305 e. The highest BCUT2D eigenvalue weighted by Gasteiger charge is 2.27. The van der Waals surface area contributed by atoms with E-state index >= 15 is 0 Å². The van der Waals surface area contributed by atoms with Crippen molar-refractivity contribution >= 4 is 11.9 Å². The van der Waals surface area contributed by atoms with Crippen molar-refractivity contribution in [1.82, 2.24) is 0 Å². The van der Waals surface area contributed by atoms with Gasteiger partial charge in [0.05, 0.1) is 18.8 Å². The van der Waals surface area contributed by atoms with Crippen LogP contribution in [0.2, 0.25) is 0 Å². The number of rotatable bonds is 17. The molecular weight excluding hydrogens is 360 g/mol. The van der Waals surface area contributed by atoms with E-state index in [2.05, 4.69) is 0 Å². The zero-order valence-electron chi connectivity index (χ0n) is 18.4. The van der Waals surface area contributed by atoms with Gasteiger partial charge in [-0.25, -0.2) is 0 Å². The summed E-state index contributed by atoms with van der Waals surface area (Å²) in [6, 6.07) is 0. The van der Waals surface area contributed by atoms with E-state index in [1.165, 1.54) is 0 Å². The Morgan fingerprint density at radius 1 is 0.821 bits per heavy atom. The number of ether oxygens (including phenoxy) is 2. The summed E-state index contributed by atoms with van der Waals surface area (Å²) in [7, 11) is 0. The van der Waals surface area contributed by atoms with Crippen LogP contribution in [0.25, 0.3) is 0 Å². The number of hydrogen-bond acceptors (Lipinski definition) is 6. The Kier molecular flexibility index (Phi) is 14.2. The van der Waals surface area contributed by atoms with Crippen molar-refractivity contribution in [1.29, 1.82) is 0 Å². The van der Waals surface area contributed by atoms with Crippen LogP contribution in [0.4, 0.5) is 0 Å². The van der Waals surface area contributed by atoms with Crippen LogP contribution in [0.15, 0.2) is 0 Å². The van der Waals surface area contributed by atoms with Crippen LogP contribution in [0.5, 0.6) is 0 Å². The molecule has 0 aliphatic heterocycles. The largest absolute Gasteiger partial charge is 0.466 e. The van der Waals surface area contributed by atoms with Gasteiger partial charge in [0.15, 0.2) is 0 Å². The molecule has 0 saturated heterocycles. The van der Waals surface area contributed by atoms with Crippen LogP contribution in [0.1, 0.15) is 98.3 Å². The average molecular weight is 403 g/mol. The van der Waals surface area contributed by atoms with Gasteiger partial charge in [0.1, 0.15) is 0 Å². The second-order valence-corrected chi connectivity index (χ2v) is 8.08. The van der Waals surface area contributed by atoms with E-state index in [9.17, 15) is 19.8 Å². The smallest absolute Gasteiger partial charge is 0.305 e. The molecule has 0 saturated carbocycles. The summed E-state index contributed by atoms with van der Waals surface area (Å²) >= 11 is 0. The van der Waals surface area contributed by atoms with E-state index in [1.807, 2.05) is 27.7 Å². The van der Waals surface area contributed by atoms with E-state index in [4.69, 9.17) is 9.47 Å². The molecule has 0 rings (SSSR count). The molecule has 0 fully saturated rings. The number of unbranched alkanes of at least 4 members (excludes halogenated alkanes) is 2. The summed E-state index contributed by atoms with van der Waals surface area (Å²) < 4.78 is 10.6. The minimum absolute atomic E-state index is 0.0965. The van der Waals surface area contributed by atoms with E-state index < -0.39 is 5.60 Å². The normalized spacial score (nSPS) is 13.8. The van der Waals surface area contributed by atoms with Gasteiger partial charge in [0, 0.05) is 24.9 Å². The molecule has 0 aliphatic rings. The summed E-state index contributed by atoms with van der Waals surface area (Å²) in [4.78, 5) is 23.6. The summed E-state index contributed by atoms with van der Waals surface area (Å²) in [5, 5.41) is 19.1. The quantitative estimate of drug-likeness (QED) is 0.280. The fraction of sp³-hybridized carbons (Fsp3) is 0.909. The van der Waals surface area contributed by atoms with Crippen molar-refractivity contribution in [3.8, 4) is 0 Å². The molecular formula is C22H42O6. The van der Waals surface area contributed by atoms with Gasteiger partial charge in [-0.15, -0.1) is 0 Å². The molecule has 6 nitrogen and oxygen atoms in total. The molecule has 0 aromatic rings. The number of esters is 2. The Morgan fingerprint density at radius 2 is 1.39 bits per heavy atom. The monoisotopic (exact) mass is 402 g/mol. The van der Waals surface area contributed by atoms with Crippen LogP contribution in [0.3, 0.4) is 0 Å². The zero-order chi connectivity index (χ0) is 21.5. The first-order valence-electron chi connectivity index (χ1n) is 10.9. The van der Waals surface area contributed by atoms with Gasteiger partial charge < -0.3 is 19.7 Å². The molecule has 28 heavy (non-hydrogen) atoms. The summed E-state index contributed by atoms with van der Waals surface area (Å²) in [5.41, 5.74) is -0.774. The number of carbonyl (C=O) groups is 2. The molecule has 1 atom stereocenters. The number of carbonyl (C=O) groups excluding carboxylic acids is 2. The molecule has 0 aromatic heterocycles. The molecule has 0 heterocycles. The first kappa shape index (κ1) is 26.9. The lowest BCUT2D eigenvalue weighted by Gasteiger charge is -2.30. The standard InChI is InChI=1S/C22H42O6/c1-5-21(4,26)14-10-11-17-27-19(24)12-8-9-13-20(25)28-18-22(6-2,7-3)15-16-23/h23,26H,5-18H2,1-4H3. The molecule has 166 valence electrons. The number of aliphatic hydroxyl groups is 2. The second kappa shape index (κ2) is 14.8. The SMILES string of the molecule is CCC(C)(O)CCCCOC(=O)CCCCC(=O)OCC(CC)(CC)CCO. The van der Waals surface area contributed by atoms with Gasteiger partial charge in [-0.2, -0.15) is 0 Å². The summed E-state index contributed by atoms with van der Waals surface area (Å²) in [5.74, 6) is -0.491. The van der Waals surface area contributed by atoms with Crippen LogP contribution >= 0.6 is 0 Å². The van der Waals surface area contributed by atoms with Gasteiger partial charge >= 0.3 is 11.9 Å². The first-order valence-corrected chi connectivity index (χ1v) is 10.9. The Balaban J connectivity index is 3.80. The molecule has 0 amide bonds. The Bertz CT molecular complexity index is 429. The Hall–Kier alpha value is -1.14. The number of aliphatic hydroxyl groups excluding tert-OH is 1. The second-order valence-electron chi connectivity index (χ2n) is 8.08. The predicted octanol–water partition coefficient (Wildman–Crippen LogP) is 4.15. The van der Waals surface area contributed by atoms with Crippen LogP contribution in [0, 0.1) is 5.41 Å². The van der Waals surface area contributed by atoms with Gasteiger partial charge in [-0.1, -0.05) is 20.8 Å². The number of hydrogen-bond donors (Lipinski definition) is 2. The highest BCUT2D eigenvalue weighted by molar-refractivity contribution is 5.70. The topological polar surface area (TPSA) is 93.1 Å². The van der Waals surface area contributed by atoms with Gasteiger partial charge in [-0.3, -0.25) is 9.59 Å². The van der Waals surface area contributed by atoms with Gasteiger partial charge in [0.25, 0.3) is 0 Å². The van der Waals surface area contributed by atoms with Gasteiger partial charge in [0.2, 0.25) is 0 Å². The van der Waals surface area contributed by atoms with Crippen LogP contribution in [-0.4, -0.2) is 47.6 Å². The van der Waals surface area contributed by atoms with Crippen molar-refractivity contribution in [3.63, 3.8) is 0 Å². The van der Waals surface area contributed by atoms with Crippen molar-refractivity contribution < 1.29 is 29.3 Å². The van der Waals surface area contributed by atoms with E-state index in [0.717, 1.165) is 25.7 Å². The van der Waals surface area contributed by atoms with Crippen molar-refractivity contribution in [2.75, 3.05) is 19.8 Å². The van der Waals surface area contributed by atoms with Crippen molar-refractivity contribution in [3.05, 3.63) is 0 Å². The lowest BCUT2D eigenvalue weighted by molar-refractivity contribution is -0.149. The third-order valence-corrected chi connectivity index (χ3v) is 5.83. The van der Waals surface area contributed by atoms with E-state index in [0.29, 0.717) is 58.2 Å². The minimum atomic E-state index is -0.634. The zero-order valence-corrected chi connectivity index (χ0v) is 18.4. The highest BCUT2D eigenvalue weighted by atomic mass is 16.5. The molecule has 0 aliphatic carbocycles. The van der Waals surface area contributed by atoms with Gasteiger partial charge in [-0.05, 0) is 64.7 Å². The molecule has 0 bridgehead atoms. The maximum atomic E-state index is 11.9. The first-order chi connectivity index (χ1) is 13.2. The third kappa shape index (κ3) is 12.3. The Morgan fingerprint density at radius 3 is 1.89 bits per heavy atom. The maximum absolute atomic E-state index is 11.9. The fourth-order valence-electron chi connectivity index (χ4n) is 3.00. The van der Waals surface area contributed by atoms with Crippen LogP contribution < -0.4 is 0 Å². The minimum Gasteiger partial charge on any atom is -0.466 e. The molecule has 2 N–H and O–H groups in total. The van der Waals surface area contributed by atoms with Crippen molar-refractivity contribution in [2.24, 2.45) is 5.41 Å².